The van der Waals surface area contributed by atoms with Crippen molar-refractivity contribution in [1.29, 1.82) is 0 Å². The molecule has 0 aliphatic rings. The van der Waals surface area contributed by atoms with E-state index in [1.54, 1.807) is 13.0 Å². The number of hydrogen-bond acceptors (Lipinski definition) is 6. The molecule has 0 spiro atoms. The Morgan fingerprint density at radius 3 is 2.95 bits per heavy atom. The first kappa shape index (κ1) is 14.9. The number of nitrogens with one attached hydrogen (secondary N) is 1. The number of nitrogens with zero attached hydrogens (tertiary/aromatic N) is 3. The van der Waals surface area contributed by atoms with Crippen LogP contribution < -0.4 is 11.1 Å². The smallest absolute Gasteiger partial charge is 0.227 e. The number of aryl methyl sites for hydroxylation is 1. The highest BCUT2D eigenvalue weighted by Crippen LogP contribution is 2.09. The van der Waals surface area contributed by atoms with E-state index in [2.05, 4.69) is 20.6 Å². The summed E-state index contributed by atoms with van der Waals surface area (Å²) in [7, 11) is 0. The molecule has 0 amide bonds. The molecule has 21 heavy (non-hydrogen) atoms. The number of aromatic nitrogens is 2. The van der Waals surface area contributed by atoms with Crippen LogP contribution in [0, 0.1) is 12.7 Å². The van der Waals surface area contributed by atoms with Gasteiger partial charge in [0, 0.05) is 25.1 Å². The van der Waals surface area contributed by atoms with Gasteiger partial charge in [0.25, 0.3) is 0 Å². The summed E-state index contributed by atoms with van der Waals surface area (Å²) in [6.07, 6.45) is 0.587. The van der Waals surface area contributed by atoms with Gasteiger partial charge in [0.2, 0.25) is 5.89 Å². The number of benzene rings is 1. The molecule has 0 fully saturated rings. The lowest BCUT2D eigenvalue weighted by Crippen LogP contribution is -2.18. The third kappa shape index (κ3) is 4.25. The maximum atomic E-state index is 13.4. The van der Waals surface area contributed by atoms with Crippen LogP contribution in [0.25, 0.3) is 0 Å². The monoisotopic (exact) mass is 293 g/mol. The van der Waals surface area contributed by atoms with E-state index in [0.717, 1.165) is 0 Å². The number of halogens is 1. The molecule has 112 valence electrons. The Labute approximate surface area is 120 Å². The second-order valence-corrected chi connectivity index (χ2v) is 4.50. The SMILES string of the molecule is Cc1noc(CCNCc2cc(F)cc(/C(N)=N/O)c2)n1. The van der Waals surface area contributed by atoms with Gasteiger partial charge < -0.3 is 20.8 Å². The van der Waals surface area contributed by atoms with E-state index in [-0.39, 0.29) is 5.84 Å². The summed E-state index contributed by atoms with van der Waals surface area (Å²) < 4.78 is 18.4. The van der Waals surface area contributed by atoms with Gasteiger partial charge in [-0.1, -0.05) is 10.3 Å². The second kappa shape index (κ2) is 6.80. The van der Waals surface area contributed by atoms with Gasteiger partial charge in [-0.15, -0.1) is 0 Å². The zero-order valence-electron chi connectivity index (χ0n) is 11.5. The highest BCUT2D eigenvalue weighted by atomic mass is 19.1. The van der Waals surface area contributed by atoms with Crippen molar-refractivity contribution in [1.82, 2.24) is 15.5 Å². The minimum Gasteiger partial charge on any atom is -0.409 e. The fourth-order valence-corrected chi connectivity index (χ4v) is 1.83. The normalized spacial score (nSPS) is 11.8. The van der Waals surface area contributed by atoms with E-state index in [9.17, 15) is 4.39 Å². The Bertz CT molecular complexity index is 641. The van der Waals surface area contributed by atoms with Gasteiger partial charge in [0.05, 0.1) is 0 Å². The average Bonchev–Trinajstić information content (AvgIpc) is 2.88. The van der Waals surface area contributed by atoms with E-state index < -0.39 is 5.82 Å². The van der Waals surface area contributed by atoms with Gasteiger partial charge in [-0.3, -0.25) is 0 Å². The van der Waals surface area contributed by atoms with Crippen LogP contribution >= 0.6 is 0 Å². The van der Waals surface area contributed by atoms with Crippen molar-refractivity contribution < 1.29 is 14.1 Å². The fourth-order valence-electron chi connectivity index (χ4n) is 1.83. The van der Waals surface area contributed by atoms with Crippen molar-refractivity contribution in [3.63, 3.8) is 0 Å². The molecule has 1 aromatic carbocycles. The lowest BCUT2D eigenvalue weighted by Gasteiger charge is -2.06. The van der Waals surface area contributed by atoms with Gasteiger partial charge in [0.1, 0.15) is 5.82 Å². The highest BCUT2D eigenvalue weighted by molar-refractivity contribution is 5.97. The summed E-state index contributed by atoms with van der Waals surface area (Å²) in [5.41, 5.74) is 6.48. The van der Waals surface area contributed by atoms with Crippen LogP contribution in [-0.4, -0.2) is 27.7 Å². The molecule has 0 saturated heterocycles. The predicted molar refractivity (Wildman–Crippen MR) is 73.4 cm³/mol. The number of oxime groups is 1. The summed E-state index contributed by atoms with van der Waals surface area (Å²) in [6, 6.07) is 4.25. The molecule has 1 aromatic heterocycles. The Hall–Kier alpha value is -2.48. The molecule has 0 unspecified atom stereocenters. The number of rotatable bonds is 6. The largest absolute Gasteiger partial charge is 0.409 e. The lowest BCUT2D eigenvalue weighted by molar-refractivity contribution is 0.318. The third-order valence-electron chi connectivity index (χ3n) is 2.78. The molecule has 0 saturated carbocycles. The Morgan fingerprint density at radius 2 is 2.29 bits per heavy atom. The van der Waals surface area contributed by atoms with Crippen molar-refractivity contribution in [2.45, 2.75) is 19.9 Å². The summed E-state index contributed by atoms with van der Waals surface area (Å²) >= 11 is 0. The molecule has 0 atom stereocenters. The summed E-state index contributed by atoms with van der Waals surface area (Å²) in [4.78, 5) is 4.08. The molecule has 0 radical (unpaired) electrons. The number of hydrogen-bond donors (Lipinski definition) is 3. The van der Waals surface area contributed by atoms with Crippen molar-refractivity contribution in [3.05, 3.63) is 46.9 Å². The Kier molecular flexibility index (Phi) is 4.83. The zero-order chi connectivity index (χ0) is 15.2. The van der Waals surface area contributed by atoms with E-state index in [4.69, 9.17) is 15.5 Å². The molecular formula is C13H16FN5O2. The van der Waals surface area contributed by atoms with E-state index in [1.165, 1.54) is 12.1 Å². The first-order valence-electron chi connectivity index (χ1n) is 6.36. The van der Waals surface area contributed by atoms with Crippen molar-refractivity contribution >= 4 is 5.84 Å². The highest BCUT2D eigenvalue weighted by Gasteiger charge is 2.06. The lowest BCUT2D eigenvalue weighted by atomic mass is 10.1. The molecular weight excluding hydrogens is 277 g/mol. The quantitative estimate of drug-likeness (QED) is 0.240. The molecule has 0 aliphatic heterocycles. The van der Waals surface area contributed by atoms with Crippen molar-refractivity contribution in [2.75, 3.05) is 6.54 Å². The van der Waals surface area contributed by atoms with E-state index >= 15 is 0 Å². The minimum absolute atomic E-state index is 0.128. The predicted octanol–water partition coefficient (Wildman–Crippen LogP) is 0.944. The van der Waals surface area contributed by atoms with Crippen LogP contribution in [0.15, 0.2) is 27.9 Å². The van der Waals surface area contributed by atoms with Gasteiger partial charge in [-0.05, 0) is 30.7 Å². The van der Waals surface area contributed by atoms with Crippen LogP contribution in [-0.2, 0) is 13.0 Å². The molecule has 2 rings (SSSR count). The number of amidine groups is 1. The average molecular weight is 293 g/mol. The first-order valence-corrected chi connectivity index (χ1v) is 6.36. The molecule has 0 aliphatic carbocycles. The van der Waals surface area contributed by atoms with Crippen LogP contribution in [0.3, 0.4) is 0 Å². The van der Waals surface area contributed by atoms with Crippen LogP contribution in [0.1, 0.15) is 22.8 Å². The first-order chi connectivity index (χ1) is 10.1. The summed E-state index contributed by atoms with van der Waals surface area (Å²) in [6.45, 7) is 2.80. The van der Waals surface area contributed by atoms with E-state index in [1.807, 2.05) is 0 Å². The van der Waals surface area contributed by atoms with Gasteiger partial charge in [0.15, 0.2) is 11.7 Å². The van der Waals surface area contributed by atoms with Crippen molar-refractivity contribution in [3.8, 4) is 0 Å². The summed E-state index contributed by atoms with van der Waals surface area (Å²) in [5.74, 6) is 0.579. The number of nitrogens with two attached hydrogens (primary N) is 1. The molecule has 7 nitrogen and oxygen atoms in total. The Morgan fingerprint density at radius 1 is 1.48 bits per heavy atom. The molecule has 4 N–H and O–H groups in total. The topological polar surface area (TPSA) is 110 Å². The van der Waals surface area contributed by atoms with Gasteiger partial charge in [-0.2, -0.15) is 4.98 Å². The standard InChI is InChI=1S/C13H16FN5O2/c1-8-17-12(21-19-8)2-3-16-7-9-4-10(13(15)18-20)6-11(14)5-9/h4-6,16,20H,2-3,7H2,1H3,(H2,15,18). The minimum atomic E-state index is -0.441. The van der Waals surface area contributed by atoms with Gasteiger partial charge in [-0.25, -0.2) is 4.39 Å². The molecule has 0 bridgehead atoms. The molecule has 2 aromatic rings. The Balaban J connectivity index is 1.89. The van der Waals surface area contributed by atoms with Crippen LogP contribution in [0.5, 0.6) is 0 Å². The maximum Gasteiger partial charge on any atom is 0.227 e. The van der Waals surface area contributed by atoms with E-state index in [0.29, 0.717) is 42.4 Å². The fraction of sp³-hybridized carbons (Fsp3) is 0.308. The zero-order valence-corrected chi connectivity index (χ0v) is 11.5. The summed E-state index contributed by atoms with van der Waals surface area (Å²) in [5, 5.41) is 18.3. The maximum absolute atomic E-state index is 13.4. The molecule has 8 heteroatoms. The third-order valence-corrected chi connectivity index (χ3v) is 2.78. The second-order valence-electron chi connectivity index (χ2n) is 4.50. The van der Waals surface area contributed by atoms with Crippen LogP contribution in [0.2, 0.25) is 0 Å². The van der Waals surface area contributed by atoms with Gasteiger partial charge >= 0.3 is 0 Å². The molecule has 1 heterocycles. The van der Waals surface area contributed by atoms with Crippen molar-refractivity contribution in [2.24, 2.45) is 10.9 Å². The van der Waals surface area contributed by atoms with Crippen LogP contribution in [0.4, 0.5) is 4.39 Å².